The first-order valence-corrected chi connectivity index (χ1v) is 8.88. The van der Waals surface area contributed by atoms with Crippen LogP contribution in [0.2, 0.25) is 0 Å². The average molecular weight is 351 g/mol. The number of amides is 3. The summed E-state index contributed by atoms with van der Waals surface area (Å²) >= 11 is 0. The Labute approximate surface area is 148 Å². The molecule has 1 aliphatic rings. The second kappa shape index (κ2) is 8.22. The summed E-state index contributed by atoms with van der Waals surface area (Å²) in [5.41, 5.74) is 2.51. The van der Waals surface area contributed by atoms with E-state index in [4.69, 9.17) is 4.74 Å². The van der Waals surface area contributed by atoms with Crippen LogP contribution in [-0.4, -0.2) is 52.5 Å². The lowest BCUT2D eigenvalue weighted by molar-refractivity contribution is 0.0959. The maximum Gasteiger partial charge on any atom is 0.409 e. The standard InChI is InChI=1S/C17H29N5O3/c1-6-25-17(24)21-9-7-14(8-10-21)18-16(23)19-15-12(4)20-22(11(2)3)13(15)5/h11,14H,6-10H2,1-5H3,(H2,18,19,23). The van der Waals surface area contributed by atoms with Gasteiger partial charge in [-0.3, -0.25) is 4.68 Å². The molecule has 140 valence electrons. The Hall–Kier alpha value is -2.25. The first-order valence-electron chi connectivity index (χ1n) is 8.88. The molecule has 2 heterocycles. The number of carbonyl (C=O) groups is 2. The van der Waals surface area contributed by atoms with Crippen molar-refractivity contribution in [1.29, 1.82) is 0 Å². The van der Waals surface area contributed by atoms with Gasteiger partial charge >= 0.3 is 12.1 Å². The number of nitrogens with zero attached hydrogens (tertiary/aromatic N) is 3. The van der Waals surface area contributed by atoms with Crippen LogP contribution in [0, 0.1) is 13.8 Å². The van der Waals surface area contributed by atoms with Gasteiger partial charge in [0, 0.05) is 25.2 Å². The van der Waals surface area contributed by atoms with Gasteiger partial charge in [0.05, 0.1) is 23.7 Å². The van der Waals surface area contributed by atoms with Crippen LogP contribution in [0.1, 0.15) is 51.0 Å². The molecule has 1 aliphatic heterocycles. The van der Waals surface area contributed by atoms with Gasteiger partial charge in [-0.2, -0.15) is 5.10 Å². The van der Waals surface area contributed by atoms with E-state index in [2.05, 4.69) is 29.6 Å². The van der Waals surface area contributed by atoms with E-state index in [1.165, 1.54) is 0 Å². The monoisotopic (exact) mass is 351 g/mol. The Bertz CT molecular complexity index is 618. The fourth-order valence-electron chi connectivity index (χ4n) is 3.10. The minimum atomic E-state index is -0.280. The van der Waals surface area contributed by atoms with E-state index in [9.17, 15) is 9.59 Å². The third-order valence-electron chi connectivity index (χ3n) is 4.41. The molecule has 1 aromatic rings. The third kappa shape index (κ3) is 4.64. The molecule has 0 radical (unpaired) electrons. The first kappa shape index (κ1) is 19.1. The van der Waals surface area contributed by atoms with Crippen molar-refractivity contribution in [3.8, 4) is 0 Å². The number of urea groups is 1. The van der Waals surface area contributed by atoms with E-state index in [-0.39, 0.29) is 24.2 Å². The fraction of sp³-hybridized carbons (Fsp3) is 0.706. The lowest BCUT2D eigenvalue weighted by Crippen LogP contribution is -2.47. The minimum Gasteiger partial charge on any atom is -0.450 e. The summed E-state index contributed by atoms with van der Waals surface area (Å²) in [6, 6.07) is 0.0556. The van der Waals surface area contributed by atoms with Crippen molar-refractivity contribution in [3.63, 3.8) is 0 Å². The van der Waals surface area contributed by atoms with Crippen LogP contribution in [-0.2, 0) is 4.74 Å². The summed E-state index contributed by atoms with van der Waals surface area (Å²) < 4.78 is 6.91. The molecule has 25 heavy (non-hydrogen) atoms. The molecule has 0 unspecified atom stereocenters. The lowest BCUT2D eigenvalue weighted by Gasteiger charge is -2.31. The number of aryl methyl sites for hydroxylation is 1. The Morgan fingerprint density at radius 1 is 1.28 bits per heavy atom. The normalized spacial score (nSPS) is 15.4. The second-order valence-corrected chi connectivity index (χ2v) is 6.64. The first-order chi connectivity index (χ1) is 11.8. The van der Waals surface area contributed by atoms with Gasteiger partial charge in [0.2, 0.25) is 0 Å². The van der Waals surface area contributed by atoms with Gasteiger partial charge in [-0.1, -0.05) is 0 Å². The predicted octanol–water partition coefficient (Wildman–Crippen LogP) is 2.82. The van der Waals surface area contributed by atoms with Crippen molar-refractivity contribution in [2.24, 2.45) is 0 Å². The number of ether oxygens (including phenoxy) is 1. The van der Waals surface area contributed by atoms with Gasteiger partial charge in [-0.15, -0.1) is 0 Å². The summed E-state index contributed by atoms with van der Waals surface area (Å²) in [5.74, 6) is 0. The molecule has 1 saturated heterocycles. The van der Waals surface area contributed by atoms with Gasteiger partial charge in [0.1, 0.15) is 0 Å². The largest absolute Gasteiger partial charge is 0.450 e. The molecule has 1 fully saturated rings. The number of rotatable bonds is 4. The average Bonchev–Trinajstić information content (AvgIpc) is 2.84. The molecule has 1 aromatic heterocycles. The topological polar surface area (TPSA) is 88.5 Å². The van der Waals surface area contributed by atoms with Crippen LogP contribution < -0.4 is 10.6 Å². The third-order valence-corrected chi connectivity index (χ3v) is 4.41. The fourth-order valence-corrected chi connectivity index (χ4v) is 3.10. The van der Waals surface area contributed by atoms with E-state index >= 15 is 0 Å². The molecule has 0 aromatic carbocycles. The molecule has 0 atom stereocenters. The van der Waals surface area contributed by atoms with Gasteiger partial charge in [-0.25, -0.2) is 9.59 Å². The zero-order valence-corrected chi connectivity index (χ0v) is 15.8. The van der Waals surface area contributed by atoms with Crippen molar-refractivity contribution in [2.45, 2.75) is 59.5 Å². The summed E-state index contributed by atoms with van der Waals surface area (Å²) in [6.45, 7) is 11.3. The smallest absolute Gasteiger partial charge is 0.409 e. The summed E-state index contributed by atoms with van der Waals surface area (Å²) in [7, 11) is 0. The Balaban J connectivity index is 1.87. The van der Waals surface area contributed by atoms with Crippen LogP contribution in [0.3, 0.4) is 0 Å². The highest BCUT2D eigenvalue weighted by Gasteiger charge is 2.25. The zero-order chi connectivity index (χ0) is 18.6. The highest BCUT2D eigenvalue weighted by Crippen LogP contribution is 2.22. The van der Waals surface area contributed by atoms with Crippen molar-refractivity contribution >= 4 is 17.8 Å². The number of hydrogen-bond acceptors (Lipinski definition) is 4. The number of anilines is 1. The number of nitrogens with one attached hydrogen (secondary N) is 2. The van der Waals surface area contributed by atoms with E-state index in [0.717, 1.165) is 29.9 Å². The van der Waals surface area contributed by atoms with Crippen molar-refractivity contribution < 1.29 is 14.3 Å². The minimum absolute atomic E-state index is 0.0476. The molecule has 8 heteroatoms. The van der Waals surface area contributed by atoms with E-state index in [1.807, 2.05) is 18.5 Å². The SMILES string of the molecule is CCOC(=O)N1CCC(NC(=O)Nc2c(C)nn(C(C)C)c2C)CC1. The van der Waals surface area contributed by atoms with Crippen LogP contribution in [0.25, 0.3) is 0 Å². The zero-order valence-electron chi connectivity index (χ0n) is 15.8. The number of likely N-dealkylation sites (tertiary alicyclic amines) is 1. The summed E-state index contributed by atoms with van der Waals surface area (Å²) in [5, 5.41) is 10.4. The Kier molecular flexibility index (Phi) is 6.27. The van der Waals surface area contributed by atoms with Crippen LogP contribution in [0.15, 0.2) is 0 Å². The highest BCUT2D eigenvalue weighted by atomic mass is 16.6. The van der Waals surface area contributed by atoms with Crippen LogP contribution in [0.4, 0.5) is 15.3 Å². The molecular formula is C17H29N5O3. The van der Waals surface area contributed by atoms with E-state index in [1.54, 1.807) is 11.8 Å². The van der Waals surface area contributed by atoms with Gasteiger partial charge in [0.25, 0.3) is 0 Å². The van der Waals surface area contributed by atoms with Gasteiger partial charge in [-0.05, 0) is 47.5 Å². The maximum atomic E-state index is 12.3. The number of piperidine rings is 1. The molecule has 0 spiro atoms. The maximum absolute atomic E-state index is 12.3. The summed E-state index contributed by atoms with van der Waals surface area (Å²) in [6.07, 6.45) is 1.16. The van der Waals surface area contributed by atoms with Gasteiger partial charge in [0.15, 0.2) is 0 Å². The van der Waals surface area contributed by atoms with E-state index in [0.29, 0.717) is 19.7 Å². The highest BCUT2D eigenvalue weighted by molar-refractivity contribution is 5.90. The van der Waals surface area contributed by atoms with Crippen molar-refractivity contribution in [2.75, 3.05) is 25.0 Å². The molecular weight excluding hydrogens is 322 g/mol. The quantitative estimate of drug-likeness (QED) is 0.873. The van der Waals surface area contributed by atoms with E-state index < -0.39 is 0 Å². The number of aromatic nitrogens is 2. The second-order valence-electron chi connectivity index (χ2n) is 6.64. The molecule has 3 amide bonds. The Morgan fingerprint density at radius 2 is 1.92 bits per heavy atom. The van der Waals surface area contributed by atoms with Crippen molar-refractivity contribution in [1.82, 2.24) is 20.0 Å². The molecule has 0 bridgehead atoms. The molecule has 2 N–H and O–H groups in total. The predicted molar refractivity (Wildman–Crippen MR) is 95.9 cm³/mol. The lowest BCUT2D eigenvalue weighted by atomic mass is 10.1. The molecule has 0 aliphatic carbocycles. The molecule has 8 nitrogen and oxygen atoms in total. The number of carbonyl (C=O) groups excluding carboxylic acids is 2. The molecule has 2 rings (SSSR count). The Morgan fingerprint density at radius 3 is 2.44 bits per heavy atom. The summed E-state index contributed by atoms with van der Waals surface area (Å²) in [4.78, 5) is 25.7. The molecule has 0 saturated carbocycles. The number of hydrogen-bond donors (Lipinski definition) is 2. The van der Waals surface area contributed by atoms with Gasteiger partial charge < -0.3 is 20.3 Å². The van der Waals surface area contributed by atoms with Crippen molar-refractivity contribution in [3.05, 3.63) is 11.4 Å². The van der Waals surface area contributed by atoms with Crippen LogP contribution in [0.5, 0.6) is 0 Å². The van der Waals surface area contributed by atoms with Crippen LogP contribution >= 0.6 is 0 Å².